The fraction of sp³-hybridized carbons (Fsp3) is 0.314. The first kappa shape index (κ1) is 40.8. The van der Waals surface area contributed by atoms with Crippen LogP contribution >= 0.6 is 0 Å². The molecule has 3 aromatic carbocycles. The number of anilines is 2. The number of benzene rings is 3. The van der Waals surface area contributed by atoms with Gasteiger partial charge < -0.3 is 35.7 Å². The lowest BCUT2D eigenvalue weighted by molar-refractivity contribution is -0.192. The average Bonchev–Trinajstić information content (AvgIpc) is 3.06. The summed E-state index contributed by atoms with van der Waals surface area (Å²) < 4.78 is 75.5. The van der Waals surface area contributed by atoms with E-state index >= 15 is 0 Å². The number of nitrogens with two attached hydrogens (primary N) is 1. The first-order valence-electron chi connectivity index (χ1n) is 15.8. The first-order valence-corrected chi connectivity index (χ1v) is 17.5. The molecular weight excluding hydrogens is 709 g/mol. The molecular formula is C35H39F3N4O9S. The minimum Gasteiger partial charge on any atom is -0.490 e. The molecule has 1 aromatic heterocycles. The van der Waals surface area contributed by atoms with Crippen LogP contribution in [0.1, 0.15) is 51.8 Å². The highest BCUT2D eigenvalue weighted by molar-refractivity contribution is 7.91. The molecule has 5 N–H and O–H groups in total. The summed E-state index contributed by atoms with van der Waals surface area (Å²) >= 11 is 0. The Labute approximate surface area is 298 Å². The van der Waals surface area contributed by atoms with Gasteiger partial charge in [0.15, 0.2) is 21.3 Å². The fourth-order valence-corrected chi connectivity index (χ4v) is 5.82. The van der Waals surface area contributed by atoms with Crippen molar-refractivity contribution in [3.63, 3.8) is 0 Å². The monoisotopic (exact) mass is 748 g/mol. The Morgan fingerprint density at radius 1 is 0.962 bits per heavy atom. The van der Waals surface area contributed by atoms with E-state index < -0.39 is 34.0 Å². The largest absolute Gasteiger partial charge is 0.490 e. The Hall–Kier alpha value is -5.58. The van der Waals surface area contributed by atoms with E-state index in [0.29, 0.717) is 46.5 Å². The molecule has 1 heterocycles. The minimum absolute atomic E-state index is 0.0615. The predicted molar refractivity (Wildman–Crippen MR) is 187 cm³/mol. The maximum atomic E-state index is 13.9. The van der Waals surface area contributed by atoms with E-state index in [0.717, 1.165) is 10.8 Å². The van der Waals surface area contributed by atoms with Crippen LogP contribution in [0.2, 0.25) is 0 Å². The summed E-state index contributed by atoms with van der Waals surface area (Å²) in [6.07, 6.45) is -4.77. The zero-order chi connectivity index (χ0) is 38.8. The standard InChI is InChI=1S/C33H38N4O7S.C2HF3O2/c1-6-42-29-18-23(8-12-28(29)43-20(3)4)31(44-26-10-11-27-22(17-26)14-15-35-32(27)34)33(39)36-19-24-16-25(37-21(5)38)9-13-30(24)45(40,41)7-2;3-2(4,5)1(6)7/h8-18,20,31H,6-7,19H2,1-5H3,(H2,34,35)(H,36,39)(H,37,38);(H,6,7). The van der Waals surface area contributed by atoms with Gasteiger partial charge in [0.05, 0.1) is 23.4 Å². The number of aromatic nitrogens is 1. The number of nitrogens with one attached hydrogen (secondary N) is 2. The van der Waals surface area contributed by atoms with Gasteiger partial charge in [-0.1, -0.05) is 13.0 Å². The highest BCUT2D eigenvalue weighted by Crippen LogP contribution is 2.34. The van der Waals surface area contributed by atoms with Crippen LogP contribution in [0, 0.1) is 0 Å². The van der Waals surface area contributed by atoms with Crippen molar-refractivity contribution < 1.29 is 55.3 Å². The Morgan fingerprint density at radius 2 is 1.65 bits per heavy atom. The van der Waals surface area contributed by atoms with Gasteiger partial charge in [-0.2, -0.15) is 13.2 Å². The first-order chi connectivity index (χ1) is 24.4. The van der Waals surface area contributed by atoms with Gasteiger partial charge in [-0.15, -0.1) is 0 Å². The maximum absolute atomic E-state index is 13.9. The van der Waals surface area contributed by atoms with Gasteiger partial charge in [0, 0.05) is 36.3 Å². The number of carboxylic acid groups (broad SMARTS) is 1. The SMILES string of the molecule is CCOc1cc(C(Oc2ccc3c(N)nccc3c2)C(=O)NCc2cc(NC(C)=O)ccc2S(=O)(=O)CC)ccc1OC(C)C.O=C(O)C(F)(F)F. The number of hydrogen-bond donors (Lipinski definition) is 4. The van der Waals surface area contributed by atoms with Gasteiger partial charge in [-0.3, -0.25) is 9.59 Å². The molecule has 4 aromatic rings. The maximum Gasteiger partial charge on any atom is 0.490 e. The lowest BCUT2D eigenvalue weighted by atomic mass is 10.1. The molecule has 0 fully saturated rings. The Morgan fingerprint density at radius 3 is 2.25 bits per heavy atom. The zero-order valence-electron chi connectivity index (χ0n) is 28.9. The van der Waals surface area contributed by atoms with Crippen LogP contribution in [0.5, 0.6) is 17.2 Å². The van der Waals surface area contributed by atoms with Crippen molar-refractivity contribution >= 4 is 49.9 Å². The number of carbonyl (C=O) groups excluding carboxylic acids is 2. The topological polar surface area (TPSA) is 196 Å². The average molecular weight is 749 g/mol. The molecule has 2 amide bonds. The van der Waals surface area contributed by atoms with E-state index in [1.54, 1.807) is 55.6 Å². The highest BCUT2D eigenvalue weighted by atomic mass is 32.2. The van der Waals surface area contributed by atoms with E-state index in [4.69, 9.17) is 29.8 Å². The number of alkyl halides is 3. The second-order valence-electron chi connectivity index (χ2n) is 11.3. The second kappa shape index (κ2) is 17.6. The fourth-order valence-electron chi connectivity index (χ4n) is 4.70. The zero-order valence-corrected chi connectivity index (χ0v) is 29.7. The van der Waals surface area contributed by atoms with Gasteiger partial charge in [-0.25, -0.2) is 18.2 Å². The molecule has 0 bridgehead atoms. The van der Waals surface area contributed by atoms with Crippen LogP contribution in [0.4, 0.5) is 24.7 Å². The number of rotatable bonds is 13. The smallest absolute Gasteiger partial charge is 0.490 e. The van der Waals surface area contributed by atoms with Crippen molar-refractivity contribution in [1.29, 1.82) is 0 Å². The van der Waals surface area contributed by atoms with Crippen LogP contribution in [0.3, 0.4) is 0 Å². The molecule has 52 heavy (non-hydrogen) atoms. The molecule has 0 saturated heterocycles. The van der Waals surface area contributed by atoms with Crippen molar-refractivity contribution in [3.8, 4) is 17.2 Å². The molecule has 0 aliphatic carbocycles. The van der Waals surface area contributed by atoms with Crippen LogP contribution in [0.25, 0.3) is 10.8 Å². The van der Waals surface area contributed by atoms with E-state index in [-0.39, 0.29) is 29.2 Å². The number of nitrogen functional groups attached to an aromatic ring is 1. The van der Waals surface area contributed by atoms with Crippen LogP contribution in [0.15, 0.2) is 71.8 Å². The number of pyridine rings is 1. The summed E-state index contributed by atoms with van der Waals surface area (Å²) in [6, 6.07) is 16.6. The minimum atomic E-state index is -5.08. The molecule has 0 saturated carbocycles. The number of carboxylic acids is 1. The summed E-state index contributed by atoms with van der Waals surface area (Å²) in [4.78, 5) is 38.6. The third kappa shape index (κ3) is 11.2. The predicted octanol–water partition coefficient (Wildman–Crippen LogP) is 5.82. The Bertz CT molecular complexity index is 2020. The third-order valence-electron chi connectivity index (χ3n) is 6.98. The third-order valence-corrected chi connectivity index (χ3v) is 8.81. The number of aliphatic carboxylic acids is 1. The van der Waals surface area contributed by atoms with E-state index in [9.17, 15) is 31.2 Å². The molecule has 0 spiro atoms. The summed E-state index contributed by atoms with van der Waals surface area (Å²) in [6.45, 7) is 8.77. The van der Waals surface area contributed by atoms with Gasteiger partial charge in [0.25, 0.3) is 5.91 Å². The van der Waals surface area contributed by atoms with Crippen LogP contribution in [-0.2, 0) is 30.8 Å². The number of fused-ring (bicyclic) bond motifs is 1. The number of ether oxygens (including phenoxy) is 3. The molecule has 13 nitrogen and oxygen atoms in total. The Balaban J connectivity index is 0.000000944. The molecule has 0 radical (unpaired) electrons. The van der Waals surface area contributed by atoms with E-state index in [1.165, 1.54) is 25.1 Å². The van der Waals surface area contributed by atoms with Crippen molar-refractivity contribution in [2.45, 2.75) is 64.4 Å². The Kier molecular flexibility index (Phi) is 13.8. The van der Waals surface area contributed by atoms with E-state index in [1.807, 2.05) is 20.8 Å². The quantitative estimate of drug-likeness (QED) is 0.129. The number of amides is 2. The molecule has 17 heteroatoms. The van der Waals surface area contributed by atoms with Gasteiger partial charge in [0.2, 0.25) is 12.0 Å². The number of halogens is 3. The molecule has 1 unspecified atom stereocenters. The molecule has 0 aliphatic rings. The van der Waals surface area contributed by atoms with Crippen molar-refractivity contribution in [2.75, 3.05) is 23.4 Å². The molecule has 280 valence electrons. The number of hydrogen-bond acceptors (Lipinski definition) is 10. The number of carbonyl (C=O) groups is 3. The second-order valence-corrected chi connectivity index (χ2v) is 13.6. The summed E-state index contributed by atoms with van der Waals surface area (Å²) in [7, 11) is -3.64. The van der Waals surface area contributed by atoms with Gasteiger partial charge >= 0.3 is 12.1 Å². The molecule has 1 atom stereocenters. The van der Waals surface area contributed by atoms with Crippen molar-refractivity contribution in [2.24, 2.45) is 0 Å². The number of sulfone groups is 1. The summed E-state index contributed by atoms with van der Waals surface area (Å²) in [5, 5.41) is 14.1. The van der Waals surface area contributed by atoms with Crippen molar-refractivity contribution in [3.05, 3.63) is 78.0 Å². The molecule has 0 aliphatic heterocycles. The van der Waals surface area contributed by atoms with Gasteiger partial charge in [0.1, 0.15) is 11.6 Å². The normalized spacial score (nSPS) is 11.9. The van der Waals surface area contributed by atoms with Crippen LogP contribution < -0.4 is 30.6 Å². The van der Waals surface area contributed by atoms with Crippen molar-refractivity contribution in [1.82, 2.24) is 10.3 Å². The lowest BCUT2D eigenvalue weighted by Gasteiger charge is -2.22. The van der Waals surface area contributed by atoms with E-state index in [2.05, 4.69) is 15.6 Å². The highest BCUT2D eigenvalue weighted by Gasteiger charge is 2.38. The lowest BCUT2D eigenvalue weighted by Crippen LogP contribution is -2.32. The molecule has 4 rings (SSSR count). The summed E-state index contributed by atoms with van der Waals surface area (Å²) in [5.74, 6) is -2.00. The number of nitrogens with zero attached hydrogens (tertiary/aromatic N) is 1. The van der Waals surface area contributed by atoms with Gasteiger partial charge in [-0.05, 0) is 86.3 Å². The summed E-state index contributed by atoms with van der Waals surface area (Å²) in [5.41, 5.74) is 7.22. The van der Waals surface area contributed by atoms with Crippen LogP contribution in [-0.4, -0.2) is 60.9 Å².